The molecule has 2 aromatic carbocycles. The van der Waals surface area contributed by atoms with E-state index in [1.165, 1.54) is 12.1 Å². The Kier molecular flexibility index (Phi) is 5.60. The number of benzene rings is 2. The van der Waals surface area contributed by atoms with Crippen LogP contribution in [0, 0.1) is 11.7 Å². The number of hydrogen-bond donors (Lipinski definition) is 1. The summed E-state index contributed by atoms with van der Waals surface area (Å²) in [5.41, 5.74) is 2.32. The van der Waals surface area contributed by atoms with E-state index >= 15 is 0 Å². The molecule has 1 N–H and O–H groups in total. The molecule has 0 aliphatic carbocycles. The van der Waals surface area contributed by atoms with Crippen LogP contribution in [-0.4, -0.2) is 17.2 Å². The number of carboxylic acid groups (broad SMARTS) is 1. The van der Waals surface area contributed by atoms with Gasteiger partial charge in [0.25, 0.3) is 0 Å². The van der Waals surface area contributed by atoms with Crippen molar-refractivity contribution < 1.29 is 19.0 Å². The maximum atomic E-state index is 13.2. The molecule has 3 nitrogen and oxygen atoms in total. The van der Waals surface area contributed by atoms with Gasteiger partial charge in [-0.2, -0.15) is 0 Å². The third-order valence-electron chi connectivity index (χ3n) is 3.77. The van der Waals surface area contributed by atoms with Crippen molar-refractivity contribution in [3.63, 3.8) is 0 Å². The Morgan fingerprint density at radius 1 is 1.00 bits per heavy atom. The predicted octanol–water partition coefficient (Wildman–Crippen LogP) is 5.10. The zero-order chi connectivity index (χ0) is 17.9. The summed E-state index contributed by atoms with van der Waals surface area (Å²) in [6.07, 6.45) is -0.0244. The maximum absolute atomic E-state index is 13.2. The molecule has 0 bridgehead atoms. The summed E-state index contributed by atoms with van der Waals surface area (Å²) < 4.78 is 19.0. The normalized spacial score (nSPS) is 12.5. The number of carboxylic acids is 1. The molecule has 0 saturated heterocycles. The van der Waals surface area contributed by atoms with E-state index in [2.05, 4.69) is 0 Å². The Hall–Kier alpha value is -2.36. The average Bonchev–Trinajstić information content (AvgIpc) is 2.46. The van der Waals surface area contributed by atoms with Gasteiger partial charge in [0, 0.05) is 0 Å². The van der Waals surface area contributed by atoms with Gasteiger partial charge in [-0.1, -0.05) is 32.0 Å². The highest BCUT2D eigenvalue weighted by Crippen LogP contribution is 2.33. The second-order valence-corrected chi connectivity index (χ2v) is 6.52. The fraction of sp³-hybridized carbons (Fsp3) is 0.350. The van der Waals surface area contributed by atoms with Crippen LogP contribution in [0.5, 0.6) is 5.75 Å². The summed E-state index contributed by atoms with van der Waals surface area (Å²) in [4.78, 5) is 11.7. The van der Waals surface area contributed by atoms with E-state index in [4.69, 9.17) is 4.74 Å². The molecule has 1 unspecified atom stereocenters. The van der Waals surface area contributed by atoms with Gasteiger partial charge in [-0.05, 0) is 60.7 Å². The molecule has 2 aromatic rings. The Bertz CT molecular complexity index is 705. The van der Waals surface area contributed by atoms with Crippen LogP contribution in [0.1, 0.15) is 39.2 Å². The highest BCUT2D eigenvalue weighted by Gasteiger charge is 2.25. The summed E-state index contributed by atoms with van der Waals surface area (Å²) >= 11 is 0. The Labute approximate surface area is 142 Å². The number of halogens is 1. The van der Waals surface area contributed by atoms with Gasteiger partial charge in [-0.3, -0.25) is 4.79 Å². The molecule has 0 aromatic heterocycles. The molecule has 0 amide bonds. The molecule has 0 heterocycles. The third-order valence-corrected chi connectivity index (χ3v) is 3.77. The number of ether oxygens (including phenoxy) is 1. The highest BCUT2D eigenvalue weighted by molar-refractivity contribution is 5.78. The summed E-state index contributed by atoms with van der Waals surface area (Å²) in [6.45, 7) is 7.60. The summed E-state index contributed by atoms with van der Waals surface area (Å²) in [5, 5.41) is 9.58. The number of rotatable bonds is 6. The van der Waals surface area contributed by atoms with Crippen molar-refractivity contribution in [3.8, 4) is 16.9 Å². The van der Waals surface area contributed by atoms with Crippen LogP contribution in [0.15, 0.2) is 42.5 Å². The van der Waals surface area contributed by atoms with Crippen LogP contribution in [0.4, 0.5) is 4.39 Å². The topological polar surface area (TPSA) is 46.5 Å². The second kappa shape index (κ2) is 7.47. The Balaban J connectivity index is 2.56. The molecule has 0 aliphatic rings. The van der Waals surface area contributed by atoms with Crippen LogP contribution < -0.4 is 4.74 Å². The van der Waals surface area contributed by atoms with E-state index in [1.807, 2.05) is 39.8 Å². The molecule has 0 radical (unpaired) electrons. The largest absolute Gasteiger partial charge is 0.491 e. The maximum Gasteiger partial charge on any atom is 0.311 e. The first kappa shape index (κ1) is 18.0. The van der Waals surface area contributed by atoms with Gasteiger partial charge in [-0.15, -0.1) is 0 Å². The minimum Gasteiger partial charge on any atom is -0.491 e. The van der Waals surface area contributed by atoms with Crippen molar-refractivity contribution in [2.75, 3.05) is 0 Å². The van der Waals surface area contributed by atoms with Crippen molar-refractivity contribution in [1.82, 2.24) is 0 Å². The first-order valence-corrected chi connectivity index (χ1v) is 8.08. The quantitative estimate of drug-likeness (QED) is 0.801. The Morgan fingerprint density at radius 2 is 1.62 bits per heavy atom. The van der Waals surface area contributed by atoms with Gasteiger partial charge in [0.1, 0.15) is 11.6 Å². The molecule has 0 fully saturated rings. The Morgan fingerprint density at radius 3 is 2.12 bits per heavy atom. The fourth-order valence-corrected chi connectivity index (χ4v) is 2.76. The number of hydrogen-bond acceptors (Lipinski definition) is 2. The van der Waals surface area contributed by atoms with Crippen LogP contribution in [0.25, 0.3) is 11.1 Å². The standard InChI is InChI=1S/C20H23FO3/c1-12(2)19(20(22)23)16-9-15(10-18(11-16)24-13(3)4)14-5-7-17(21)8-6-14/h5-13,19H,1-4H3,(H,22,23). The lowest BCUT2D eigenvalue weighted by molar-refractivity contribution is -0.139. The first-order valence-electron chi connectivity index (χ1n) is 8.08. The van der Waals surface area contributed by atoms with Crippen molar-refractivity contribution in [2.24, 2.45) is 5.92 Å². The molecular weight excluding hydrogens is 307 g/mol. The zero-order valence-electron chi connectivity index (χ0n) is 14.4. The molecular formula is C20H23FO3. The minimum absolute atomic E-state index is 0.0244. The molecule has 4 heteroatoms. The lowest BCUT2D eigenvalue weighted by Gasteiger charge is -2.20. The van der Waals surface area contributed by atoms with Gasteiger partial charge in [0.2, 0.25) is 0 Å². The van der Waals surface area contributed by atoms with E-state index in [-0.39, 0.29) is 17.8 Å². The monoisotopic (exact) mass is 330 g/mol. The summed E-state index contributed by atoms with van der Waals surface area (Å²) in [5.74, 6) is -1.23. The van der Waals surface area contributed by atoms with Gasteiger partial charge in [-0.25, -0.2) is 4.39 Å². The van der Waals surface area contributed by atoms with Crippen LogP contribution in [0.2, 0.25) is 0 Å². The predicted molar refractivity (Wildman–Crippen MR) is 92.8 cm³/mol. The van der Waals surface area contributed by atoms with Gasteiger partial charge >= 0.3 is 5.97 Å². The van der Waals surface area contributed by atoms with Crippen molar-refractivity contribution in [1.29, 1.82) is 0 Å². The summed E-state index contributed by atoms with van der Waals surface area (Å²) in [7, 11) is 0. The van der Waals surface area contributed by atoms with Gasteiger partial charge < -0.3 is 9.84 Å². The first-order chi connectivity index (χ1) is 11.3. The van der Waals surface area contributed by atoms with E-state index in [0.29, 0.717) is 11.3 Å². The molecule has 1 atom stereocenters. The van der Waals surface area contributed by atoms with Gasteiger partial charge in [0.15, 0.2) is 0 Å². The van der Waals surface area contributed by atoms with E-state index < -0.39 is 11.9 Å². The fourth-order valence-electron chi connectivity index (χ4n) is 2.76. The van der Waals surface area contributed by atoms with E-state index in [0.717, 1.165) is 11.1 Å². The lowest BCUT2D eigenvalue weighted by atomic mass is 9.87. The molecule has 0 aliphatic heterocycles. The van der Waals surface area contributed by atoms with Crippen LogP contribution >= 0.6 is 0 Å². The molecule has 0 spiro atoms. The van der Waals surface area contributed by atoms with Crippen molar-refractivity contribution in [2.45, 2.75) is 39.7 Å². The van der Waals surface area contributed by atoms with E-state index in [9.17, 15) is 14.3 Å². The lowest BCUT2D eigenvalue weighted by Crippen LogP contribution is -2.18. The molecule has 128 valence electrons. The molecule has 0 saturated carbocycles. The van der Waals surface area contributed by atoms with Crippen molar-refractivity contribution >= 4 is 5.97 Å². The van der Waals surface area contributed by atoms with Gasteiger partial charge in [0.05, 0.1) is 12.0 Å². The summed E-state index contributed by atoms with van der Waals surface area (Å²) in [6, 6.07) is 11.6. The van der Waals surface area contributed by atoms with E-state index in [1.54, 1.807) is 18.2 Å². The van der Waals surface area contributed by atoms with Crippen LogP contribution in [0.3, 0.4) is 0 Å². The average molecular weight is 330 g/mol. The minimum atomic E-state index is -0.864. The zero-order valence-corrected chi connectivity index (χ0v) is 14.4. The SMILES string of the molecule is CC(C)Oc1cc(-c2ccc(F)cc2)cc(C(C(=O)O)C(C)C)c1. The number of carbonyl (C=O) groups is 1. The highest BCUT2D eigenvalue weighted by atomic mass is 19.1. The molecule has 2 rings (SSSR count). The third kappa shape index (κ3) is 4.34. The van der Waals surface area contributed by atoms with Crippen molar-refractivity contribution in [3.05, 3.63) is 53.8 Å². The second-order valence-electron chi connectivity index (χ2n) is 6.52. The van der Waals surface area contributed by atoms with Crippen LogP contribution in [-0.2, 0) is 4.79 Å². The molecule has 24 heavy (non-hydrogen) atoms. The smallest absolute Gasteiger partial charge is 0.311 e. The number of aliphatic carboxylic acids is 1.